The van der Waals surface area contributed by atoms with E-state index >= 15 is 0 Å². The number of methoxy groups -OCH3 is 1. The van der Waals surface area contributed by atoms with Crippen LogP contribution in [0.15, 0.2) is 29.6 Å². The molecule has 0 fully saturated rings. The predicted octanol–water partition coefficient (Wildman–Crippen LogP) is 2.21. The Balaban J connectivity index is 2.28. The summed E-state index contributed by atoms with van der Waals surface area (Å²) >= 11 is 1.41. The van der Waals surface area contributed by atoms with Crippen molar-refractivity contribution >= 4 is 28.6 Å². The van der Waals surface area contributed by atoms with Gasteiger partial charge in [0, 0.05) is 11.1 Å². The van der Waals surface area contributed by atoms with Gasteiger partial charge < -0.3 is 9.84 Å². The van der Waals surface area contributed by atoms with E-state index in [1.807, 2.05) is 18.2 Å². The van der Waals surface area contributed by atoms with Gasteiger partial charge in [-0.05, 0) is 18.2 Å². The molecule has 18 heavy (non-hydrogen) atoms. The molecule has 1 N–H and O–H groups in total. The molecule has 5 nitrogen and oxygen atoms in total. The molecule has 2 rings (SSSR count). The molecule has 0 aliphatic rings. The van der Waals surface area contributed by atoms with Crippen LogP contribution in [0.4, 0.5) is 0 Å². The van der Waals surface area contributed by atoms with Crippen LogP contribution < -0.4 is 4.74 Å². The van der Waals surface area contributed by atoms with Gasteiger partial charge in [0.15, 0.2) is 0 Å². The molecule has 94 valence electrons. The Morgan fingerprint density at radius 1 is 1.44 bits per heavy atom. The van der Waals surface area contributed by atoms with Gasteiger partial charge in [-0.15, -0.1) is 11.8 Å². The Morgan fingerprint density at radius 2 is 2.28 bits per heavy atom. The minimum atomic E-state index is -0.807. The van der Waals surface area contributed by atoms with Gasteiger partial charge in [0.2, 0.25) is 0 Å². The maximum absolute atomic E-state index is 10.5. The van der Waals surface area contributed by atoms with Gasteiger partial charge in [0.1, 0.15) is 17.1 Å². The zero-order valence-corrected chi connectivity index (χ0v) is 10.6. The van der Waals surface area contributed by atoms with Crippen molar-refractivity contribution in [1.29, 1.82) is 0 Å². The van der Waals surface area contributed by atoms with E-state index in [4.69, 9.17) is 9.84 Å². The van der Waals surface area contributed by atoms with Crippen LogP contribution >= 0.6 is 11.8 Å². The SMILES string of the molecule is COc1ccc2ncnc(SCCC(=O)O)c2c1. The summed E-state index contributed by atoms with van der Waals surface area (Å²) in [6, 6.07) is 5.55. The van der Waals surface area contributed by atoms with E-state index in [1.54, 1.807) is 7.11 Å². The lowest BCUT2D eigenvalue weighted by atomic mass is 10.2. The molecule has 2 aromatic rings. The summed E-state index contributed by atoms with van der Waals surface area (Å²) in [6.45, 7) is 0. The number of carboxylic acids is 1. The molecule has 1 aromatic heterocycles. The molecule has 6 heteroatoms. The molecule has 0 radical (unpaired) electrons. The zero-order valence-electron chi connectivity index (χ0n) is 9.79. The molecule has 0 atom stereocenters. The first-order valence-electron chi connectivity index (χ1n) is 5.34. The summed E-state index contributed by atoms with van der Waals surface area (Å²) in [5.74, 6) is 0.411. The third-order valence-electron chi connectivity index (χ3n) is 2.36. The van der Waals surface area contributed by atoms with Crippen LogP contribution in [0.2, 0.25) is 0 Å². The number of carboxylic acid groups (broad SMARTS) is 1. The van der Waals surface area contributed by atoms with Crippen molar-refractivity contribution in [2.45, 2.75) is 11.4 Å². The smallest absolute Gasteiger partial charge is 0.304 e. The lowest BCUT2D eigenvalue weighted by Crippen LogP contribution is -1.96. The Labute approximate surface area is 108 Å². The van der Waals surface area contributed by atoms with E-state index < -0.39 is 5.97 Å². The van der Waals surface area contributed by atoms with E-state index in [0.29, 0.717) is 5.75 Å². The van der Waals surface area contributed by atoms with E-state index in [9.17, 15) is 4.79 Å². The van der Waals surface area contributed by atoms with E-state index in [-0.39, 0.29) is 6.42 Å². The second-order valence-corrected chi connectivity index (χ2v) is 4.64. The number of hydrogen-bond acceptors (Lipinski definition) is 5. The standard InChI is InChI=1S/C12H12N2O3S/c1-17-8-2-3-10-9(6-8)12(14-7-13-10)18-5-4-11(15)16/h2-3,6-7H,4-5H2,1H3,(H,15,16). The second-order valence-electron chi connectivity index (χ2n) is 3.55. The number of nitrogens with zero attached hydrogens (tertiary/aromatic N) is 2. The first-order chi connectivity index (χ1) is 8.70. The van der Waals surface area contributed by atoms with Crippen molar-refractivity contribution in [3.8, 4) is 5.75 Å². The summed E-state index contributed by atoms with van der Waals surface area (Å²) in [6.07, 6.45) is 1.60. The fourth-order valence-corrected chi connectivity index (χ4v) is 2.40. The number of aromatic nitrogens is 2. The number of aliphatic carboxylic acids is 1. The second kappa shape index (κ2) is 5.68. The number of benzene rings is 1. The molecule has 0 aliphatic heterocycles. The number of rotatable bonds is 5. The minimum absolute atomic E-state index is 0.111. The Kier molecular flexibility index (Phi) is 3.99. The van der Waals surface area contributed by atoms with Gasteiger partial charge in [-0.3, -0.25) is 4.79 Å². The van der Waals surface area contributed by atoms with Crippen molar-refractivity contribution in [2.75, 3.05) is 12.9 Å². The highest BCUT2D eigenvalue weighted by Crippen LogP contribution is 2.27. The fourth-order valence-electron chi connectivity index (χ4n) is 1.49. The number of ether oxygens (including phenoxy) is 1. The van der Waals surface area contributed by atoms with Crippen LogP contribution in [0.25, 0.3) is 10.9 Å². The van der Waals surface area contributed by atoms with Crippen molar-refractivity contribution < 1.29 is 14.6 Å². The predicted molar refractivity (Wildman–Crippen MR) is 69.1 cm³/mol. The molecular weight excluding hydrogens is 252 g/mol. The van der Waals surface area contributed by atoms with Crippen LogP contribution in [-0.2, 0) is 4.79 Å². The van der Waals surface area contributed by atoms with Crippen LogP contribution in [0, 0.1) is 0 Å². The molecule has 0 aliphatic carbocycles. The quantitative estimate of drug-likeness (QED) is 0.659. The highest BCUT2D eigenvalue weighted by atomic mass is 32.2. The first kappa shape index (κ1) is 12.6. The molecule has 0 amide bonds. The van der Waals surface area contributed by atoms with Crippen LogP contribution in [0.1, 0.15) is 6.42 Å². The van der Waals surface area contributed by atoms with Crippen molar-refractivity contribution in [1.82, 2.24) is 9.97 Å². The van der Waals surface area contributed by atoms with Gasteiger partial charge in [-0.1, -0.05) is 0 Å². The van der Waals surface area contributed by atoms with Crippen molar-refractivity contribution in [3.05, 3.63) is 24.5 Å². The van der Waals surface area contributed by atoms with Crippen molar-refractivity contribution in [3.63, 3.8) is 0 Å². The maximum atomic E-state index is 10.5. The summed E-state index contributed by atoms with van der Waals surface area (Å²) in [7, 11) is 1.60. The Bertz CT molecular complexity index is 574. The summed E-state index contributed by atoms with van der Waals surface area (Å²) in [5, 5.41) is 10.3. The number of fused-ring (bicyclic) bond motifs is 1. The Hall–Kier alpha value is -1.82. The summed E-state index contributed by atoms with van der Waals surface area (Å²) < 4.78 is 5.16. The minimum Gasteiger partial charge on any atom is -0.497 e. The monoisotopic (exact) mass is 264 g/mol. The van der Waals surface area contributed by atoms with Crippen LogP contribution in [0.5, 0.6) is 5.75 Å². The maximum Gasteiger partial charge on any atom is 0.304 e. The van der Waals surface area contributed by atoms with Gasteiger partial charge in [-0.2, -0.15) is 0 Å². The third-order valence-corrected chi connectivity index (χ3v) is 3.37. The number of hydrogen-bond donors (Lipinski definition) is 1. The highest BCUT2D eigenvalue weighted by molar-refractivity contribution is 7.99. The van der Waals surface area contributed by atoms with E-state index in [1.165, 1.54) is 18.1 Å². The summed E-state index contributed by atoms with van der Waals surface area (Å²) in [4.78, 5) is 18.8. The van der Waals surface area contributed by atoms with E-state index in [0.717, 1.165) is 21.7 Å². The largest absolute Gasteiger partial charge is 0.497 e. The molecular formula is C12H12N2O3S. The molecule has 0 saturated carbocycles. The number of thioether (sulfide) groups is 1. The Morgan fingerprint density at radius 3 is 3.00 bits per heavy atom. The first-order valence-corrected chi connectivity index (χ1v) is 6.32. The van der Waals surface area contributed by atoms with Gasteiger partial charge in [-0.25, -0.2) is 9.97 Å². The highest BCUT2D eigenvalue weighted by Gasteiger charge is 2.07. The van der Waals surface area contributed by atoms with E-state index in [2.05, 4.69) is 9.97 Å². The molecule has 0 spiro atoms. The van der Waals surface area contributed by atoms with Gasteiger partial charge >= 0.3 is 5.97 Å². The van der Waals surface area contributed by atoms with Gasteiger partial charge in [0.25, 0.3) is 0 Å². The molecule has 0 unspecified atom stereocenters. The molecule has 1 heterocycles. The number of carbonyl (C=O) groups is 1. The molecule has 0 saturated heterocycles. The van der Waals surface area contributed by atoms with Crippen LogP contribution in [0.3, 0.4) is 0 Å². The van der Waals surface area contributed by atoms with Crippen molar-refractivity contribution in [2.24, 2.45) is 0 Å². The average molecular weight is 264 g/mol. The normalized spacial score (nSPS) is 10.5. The molecule has 1 aromatic carbocycles. The lowest BCUT2D eigenvalue weighted by Gasteiger charge is -2.05. The summed E-state index contributed by atoms with van der Waals surface area (Å²) in [5.41, 5.74) is 0.823. The third kappa shape index (κ3) is 2.89. The fraction of sp³-hybridized carbons (Fsp3) is 0.250. The molecule has 0 bridgehead atoms. The van der Waals surface area contributed by atoms with Gasteiger partial charge in [0.05, 0.1) is 19.0 Å². The van der Waals surface area contributed by atoms with Crippen LogP contribution in [-0.4, -0.2) is 33.9 Å². The lowest BCUT2D eigenvalue weighted by molar-refractivity contribution is -0.136. The average Bonchev–Trinajstić information content (AvgIpc) is 2.38. The topological polar surface area (TPSA) is 72.3 Å². The zero-order chi connectivity index (χ0) is 13.0.